The fraction of sp³-hybridized carbons (Fsp3) is 0. The van der Waals surface area contributed by atoms with E-state index in [0.717, 1.165) is 5.39 Å². The van der Waals surface area contributed by atoms with Crippen LogP contribution in [0.4, 0.5) is 0 Å². The predicted octanol–water partition coefficient (Wildman–Crippen LogP) is 14.9. The van der Waals surface area contributed by atoms with E-state index in [1.807, 2.05) is 6.07 Å². The Morgan fingerprint density at radius 1 is 0.278 bits per heavy atom. The Bertz CT molecular complexity index is 2960. The fourth-order valence-electron chi connectivity index (χ4n) is 8.83. The van der Waals surface area contributed by atoms with E-state index in [0.29, 0.717) is 0 Å². The maximum Gasteiger partial charge on any atom is 0.0400 e. The Hall–Kier alpha value is -7.20. The summed E-state index contributed by atoms with van der Waals surface area (Å²) < 4.78 is 0. The molecule has 0 saturated carbocycles. The molecule has 0 heterocycles. The summed E-state index contributed by atoms with van der Waals surface area (Å²) in [5.41, 5.74) is 9.89. The second-order valence-corrected chi connectivity index (χ2v) is 14.2. The first-order valence-electron chi connectivity index (χ1n) is 18.6. The number of benzene rings is 10. The van der Waals surface area contributed by atoms with Crippen molar-refractivity contribution in [3.8, 4) is 44.5 Å². The van der Waals surface area contributed by atoms with Gasteiger partial charge in [-0.15, -0.1) is 0 Å². The predicted molar refractivity (Wildman–Crippen MR) is 231 cm³/mol. The van der Waals surface area contributed by atoms with Gasteiger partial charge in [-0.1, -0.05) is 182 Å². The summed E-state index contributed by atoms with van der Waals surface area (Å²) in [5, 5.41) is 14.9. The molecule has 0 fully saturated rings. The molecular weight excluding hydrogens is 649 g/mol. The second kappa shape index (κ2) is 12.2. The van der Waals surface area contributed by atoms with Crippen molar-refractivity contribution >= 4 is 64.6 Å². The third kappa shape index (κ3) is 4.73. The molecule has 11 rings (SSSR count). The lowest BCUT2D eigenvalue weighted by Gasteiger charge is -2.18. The highest BCUT2D eigenvalue weighted by Crippen LogP contribution is 2.45. The van der Waals surface area contributed by atoms with Gasteiger partial charge in [0.2, 0.25) is 0 Å². The van der Waals surface area contributed by atoms with Gasteiger partial charge in [-0.25, -0.2) is 0 Å². The van der Waals surface area contributed by atoms with Crippen LogP contribution in [-0.4, -0.2) is 0 Å². The maximum absolute atomic E-state index is 3.35. The van der Waals surface area contributed by atoms with Crippen molar-refractivity contribution < 1.29 is 0 Å². The average molecular weight is 681 g/mol. The van der Waals surface area contributed by atoms with Gasteiger partial charge < -0.3 is 0 Å². The number of rotatable bonds is 4. The molecule has 0 aliphatic rings. The largest absolute Gasteiger partial charge is 0.0695 e. The third-order valence-corrected chi connectivity index (χ3v) is 11.3. The smallest absolute Gasteiger partial charge is 0.0400 e. The molecule has 54 heavy (non-hydrogen) atoms. The molecular formula is C54H32. The summed E-state index contributed by atoms with van der Waals surface area (Å²) in [5.74, 6) is 0. The van der Waals surface area contributed by atoms with Gasteiger partial charge in [-0.05, 0) is 128 Å². The molecule has 0 spiro atoms. The molecule has 248 valence electrons. The molecule has 0 nitrogen and oxygen atoms in total. The molecule has 0 aliphatic heterocycles. The summed E-state index contributed by atoms with van der Waals surface area (Å²) in [6, 6.07) is 77.6. The van der Waals surface area contributed by atoms with E-state index in [2.05, 4.69) is 200 Å². The molecule has 0 unspecified atom stereocenters. The lowest BCUT2D eigenvalue weighted by molar-refractivity contribution is 1.63. The van der Waals surface area contributed by atoms with Crippen LogP contribution in [-0.2, 0) is 0 Å². The highest BCUT2D eigenvalue weighted by Gasteiger charge is 2.18. The van der Waals surface area contributed by atoms with Gasteiger partial charge in [-0.3, -0.25) is 0 Å². The summed E-state index contributed by atoms with van der Waals surface area (Å²) in [6.07, 6.45) is 0. The Kier molecular flexibility index (Phi) is 6.87. The number of fused-ring (bicyclic) bond motifs is 8. The monoisotopic (exact) mass is 680 g/mol. The van der Waals surface area contributed by atoms with E-state index in [4.69, 9.17) is 0 Å². The minimum absolute atomic E-state index is 1.11. The molecule has 0 N–H and O–H groups in total. The van der Waals surface area contributed by atoms with Crippen molar-refractivity contribution in [2.75, 3.05) is 0 Å². The third-order valence-electron chi connectivity index (χ3n) is 11.3. The van der Waals surface area contributed by atoms with Crippen LogP contribution in [0.2, 0.25) is 0 Å². The lowest BCUT2D eigenvalue weighted by atomic mass is 9.85. The standard InChI is InChI=1S/C54H32/c1-3-15-41-39(13-1)33-51(45-19-7-5-17-43(41)45)35-25-29-37(30-26-35)53-47-21-9-11-23-49(47)54(50-24-12-10-22-48(50)53)38-31-27-36(28-32-38)52-34-40-14-2-4-16-42(40)44-18-6-8-20-46(44)52/h1-3,5-15,17-34H. The zero-order valence-corrected chi connectivity index (χ0v) is 29.5. The molecule has 0 atom stereocenters. The Labute approximate surface area is 314 Å². The molecule has 0 saturated heterocycles. The molecule has 11 aromatic carbocycles. The molecule has 11 aromatic rings. The van der Waals surface area contributed by atoms with Gasteiger partial charge >= 0.3 is 0 Å². The number of hydrogen-bond acceptors (Lipinski definition) is 0. The van der Waals surface area contributed by atoms with Gasteiger partial charge in [0.05, 0.1) is 0 Å². The Balaban J connectivity index is 1.06. The van der Waals surface area contributed by atoms with Crippen molar-refractivity contribution in [1.29, 1.82) is 0 Å². The van der Waals surface area contributed by atoms with Gasteiger partial charge in [0, 0.05) is 5.39 Å². The van der Waals surface area contributed by atoms with Gasteiger partial charge in [0.25, 0.3) is 0 Å². The van der Waals surface area contributed by atoms with Crippen LogP contribution in [0.15, 0.2) is 194 Å². The van der Waals surface area contributed by atoms with E-state index in [9.17, 15) is 0 Å². The summed E-state index contributed by atoms with van der Waals surface area (Å²) in [6.45, 7) is 0. The van der Waals surface area contributed by atoms with Crippen LogP contribution in [0.3, 0.4) is 0 Å². The van der Waals surface area contributed by atoms with Crippen molar-refractivity contribution in [3.63, 3.8) is 0 Å². The molecule has 0 aromatic heterocycles. The van der Waals surface area contributed by atoms with E-state index >= 15 is 0 Å². The SMILES string of the molecule is c1ccc2cc(-c3ccc(-c4c5ccccc5c(-c5ccc(-c6cc7ccccc7c7ccccc67)cc5)c5ccccc45)cc3)c3ccccc3c2c#1. The first-order valence-corrected chi connectivity index (χ1v) is 18.6. The normalized spacial score (nSPS) is 11.6. The zero-order valence-electron chi connectivity index (χ0n) is 29.5. The zero-order chi connectivity index (χ0) is 35.6. The number of hydrogen-bond donors (Lipinski definition) is 0. The Morgan fingerprint density at radius 3 is 1.20 bits per heavy atom. The Morgan fingerprint density at radius 2 is 0.667 bits per heavy atom. The topological polar surface area (TPSA) is 0 Å². The van der Waals surface area contributed by atoms with Gasteiger partial charge in [0.15, 0.2) is 0 Å². The van der Waals surface area contributed by atoms with Crippen molar-refractivity contribution in [2.24, 2.45) is 0 Å². The van der Waals surface area contributed by atoms with Crippen LogP contribution in [0.5, 0.6) is 0 Å². The summed E-state index contributed by atoms with van der Waals surface area (Å²) in [4.78, 5) is 0. The average Bonchev–Trinajstić information content (AvgIpc) is 3.25. The highest BCUT2D eigenvalue weighted by molar-refractivity contribution is 6.22. The van der Waals surface area contributed by atoms with E-state index in [1.54, 1.807) is 0 Å². The van der Waals surface area contributed by atoms with Crippen LogP contribution in [0.1, 0.15) is 0 Å². The van der Waals surface area contributed by atoms with Gasteiger partial charge in [-0.2, -0.15) is 0 Å². The quantitative estimate of drug-likeness (QED) is 0.128. The van der Waals surface area contributed by atoms with E-state index in [1.165, 1.54) is 104 Å². The summed E-state index contributed by atoms with van der Waals surface area (Å²) >= 11 is 0. The van der Waals surface area contributed by atoms with Crippen LogP contribution < -0.4 is 0 Å². The van der Waals surface area contributed by atoms with Crippen LogP contribution in [0, 0.1) is 12.1 Å². The van der Waals surface area contributed by atoms with Crippen molar-refractivity contribution in [1.82, 2.24) is 0 Å². The van der Waals surface area contributed by atoms with Gasteiger partial charge in [0.1, 0.15) is 0 Å². The lowest BCUT2D eigenvalue weighted by Crippen LogP contribution is -1.91. The minimum Gasteiger partial charge on any atom is -0.0695 e. The molecule has 0 amide bonds. The highest BCUT2D eigenvalue weighted by atomic mass is 14.2. The molecule has 0 radical (unpaired) electrons. The molecule has 0 bridgehead atoms. The van der Waals surface area contributed by atoms with E-state index in [-0.39, 0.29) is 0 Å². The van der Waals surface area contributed by atoms with Crippen molar-refractivity contribution in [3.05, 3.63) is 206 Å². The maximum atomic E-state index is 3.35. The fourth-order valence-corrected chi connectivity index (χ4v) is 8.83. The first-order chi connectivity index (χ1) is 26.8. The molecule has 0 aliphatic carbocycles. The minimum atomic E-state index is 1.11. The molecule has 0 heteroatoms. The van der Waals surface area contributed by atoms with Crippen LogP contribution >= 0.6 is 0 Å². The first kappa shape index (κ1) is 30.4. The summed E-state index contributed by atoms with van der Waals surface area (Å²) in [7, 11) is 0. The second-order valence-electron chi connectivity index (χ2n) is 14.2. The van der Waals surface area contributed by atoms with E-state index < -0.39 is 0 Å². The van der Waals surface area contributed by atoms with Crippen molar-refractivity contribution in [2.45, 2.75) is 0 Å². The van der Waals surface area contributed by atoms with Crippen LogP contribution in [0.25, 0.3) is 109 Å².